The third-order valence-electron chi connectivity index (χ3n) is 2.82. The Balaban J connectivity index is 1.92. The van der Waals surface area contributed by atoms with Crippen molar-refractivity contribution in [1.29, 1.82) is 0 Å². The van der Waals surface area contributed by atoms with E-state index in [1.54, 1.807) is 0 Å². The summed E-state index contributed by atoms with van der Waals surface area (Å²) in [5.41, 5.74) is 1.70. The molecule has 0 radical (unpaired) electrons. The zero-order valence-electron chi connectivity index (χ0n) is 10.1. The Labute approximate surface area is 119 Å². The zero-order valence-corrected chi connectivity index (χ0v) is 11.7. The normalized spacial score (nSPS) is 11.2. The standard InChI is InChI=1S/C16H11BrN2/c17-14-6-3-7-15(11-14)18-19-16-9-8-12-4-1-2-5-13(12)10-16/h1-11H. The van der Waals surface area contributed by atoms with Crippen LogP contribution in [0.1, 0.15) is 0 Å². The fourth-order valence-corrected chi connectivity index (χ4v) is 2.28. The Morgan fingerprint density at radius 1 is 0.632 bits per heavy atom. The van der Waals surface area contributed by atoms with Crippen molar-refractivity contribution < 1.29 is 0 Å². The van der Waals surface area contributed by atoms with Crippen molar-refractivity contribution in [2.45, 2.75) is 0 Å². The van der Waals surface area contributed by atoms with Gasteiger partial charge in [-0.3, -0.25) is 0 Å². The third kappa shape index (κ3) is 2.88. The summed E-state index contributed by atoms with van der Waals surface area (Å²) in [7, 11) is 0. The van der Waals surface area contributed by atoms with Gasteiger partial charge in [0.05, 0.1) is 11.4 Å². The van der Waals surface area contributed by atoms with Gasteiger partial charge in [-0.2, -0.15) is 10.2 Å². The highest BCUT2D eigenvalue weighted by molar-refractivity contribution is 9.10. The molecule has 0 unspecified atom stereocenters. The number of azo groups is 1. The number of rotatable bonds is 2. The molecule has 3 aromatic rings. The zero-order chi connectivity index (χ0) is 13.1. The maximum absolute atomic E-state index is 4.27. The number of nitrogens with zero attached hydrogens (tertiary/aromatic N) is 2. The predicted molar refractivity (Wildman–Crippen MR) is 82.3 cm³/mol. The molecule has 3 aromatic carbocycles. The molecular formula is C16H11BrN2. The average molecular weight is 311 g/mol. The van der Waals surface area contributed by atoms with Crippen LogP contribution >= 0.6 is 15.9 Å². The van der Waals surface area contributed by atoms with E-state index in [2.05, 4.69) is 44.4 Å². The van der Waals surface area contributed by atoms with Crippen LogP contribution in [0.5, 0.6) is 0 Å². The van der Waals surface area contributed by atoms with Crippen LogP contribution in [0.2, 0.25) is 0 Å². The van der Waals surface area contributed by atoms with E-state index in [9.17, 15) is 0 Å². The first-order valence-corrected chi connectivity index (χ1v) is 6.77. The topological polar surface area (TPSA) is 24.7 Å². The number of fused-ring (bicyclic) bond motifs is 1. The van der Waals surface area contributed by atoms with E-state index in [0.717, 1.165) is 15.8 Å². The predicted octanol–water partition coefficient (Wildman–Crippen LogP) is 6.02. The Morgan fingerprint density at radius 2 is 1.37 bits per heavy atom. The largest absolute Gasteiger partial charge is 0.151 e. The molecule has 0 aliphatic rings. The van der Waals surface area contributed by atoms with Crippen LogP contribution in [0.25, 0.3) is 10.8 Å². The van der Waals surface area contributed by atoms with E-state index < -0.39 is 0 Å². The number of hydrogen-bond acceptors (Lipinski definition) is 2. The maximum atomic E-state index is 4.27. The second-order valence-electron chi connectivity index (χ2n) is 4.21. The van der Waals surface area contributed by atoms with E-state index in [4.69, 9.17) is 0 Å². The molecule has 0 atom stereocenters. The van der Waals surface area contributed by atoms with Crippen molar-refractivity contribution in [3.8, 4) is 0 Å². The molecule has 2 nitrogen and oxygen atoms in total. The number of halogens is 1. The van der Waals surface area contributed by atoms with Gasteiger partial charge in [-0.15, -0.1) is 0 Å². The summed E-state index contributed by atoms with van der Waals surface area (Å²) >= 11 is 3.42. The number of benzene rings is 3. The Hall–Kier alpha value is -2.00. The van der Waals surface area contributed by atoms with E-state index in [-0.39, 0.29) is 0 Å². The van der Waals surface area contributed by atoms with Gasteiger partial charge in [0.25, 0.3) is 0 Å². The smallest absolute Gasteiger partial charge is 0.0868 e. The van der Waals surface area contributed by atoms with Crippen molar-refractivity contribution >= 4 is 38.1 Å². The van der Waals surface area contributed by atoms with Gasteiger partial charge in [-0.05, 0) is 41.1 Å². The van der Waals surface area contributed by atoms with Gasteiger partial charge in [0.1, 0.15) is 0 Å². The molecule has 0 bridgehead atoms. The summed E-state index contributed by atoms with van der Waals surface area (Å²) in [5, 5.41) is 10.9. The Bertz CT molecular complexity index is 750. The van der Waals surface area contributed by atoms with Crippen molar-refractivity contribution in [3.05, 3.63) is 71.2 Å². The molecule has 0 N–H and O–H groups in total. The Kier molecular flexibility index (Phi) is 3.38. The van der Waals surface area contributed by atoms with E-state index >= 15 is 0 Å². The van der Waals surface area contributed by atoms with Gasteiger partial charge in [-0.1, -0.05) is 52.3 Å². The molecule has 0 aromatic heterocycles. The van der Waals surface area contributed by atoms with Crippen molar-refractivity contribution in [1.82, 2.24) is 0 Å². The van der Waals surface area contributed by atoms with Crippen LogP contribution in [-0.4, -0.2) is 0 Å². The Morgan fingerprint density at radius 3 is 2.16 bits per heavy atom. The molecule has 0 heterocycles. The van der Waals surface area contributed by atoms with Crippen LogP contribution in [0.4, 0.5) is 11.4 Å². The third-order valence-corrected chi connectivity index (χ3v) is 3.32. The highest BCUT2D eigenvalue weighted by Crippen LogP contribution is 2.24. The SMILES string of the molecule is Brc1cccc(N=Nc2ccc3ccccc3c2)c1. The number of hydrogen-bond donors (Lipinski definition) is 0. The van der Waals surface area contributed by atoms with Gasteiger partial charge < -0.3 is 0 Å². The van der Waals surface area contributed by atoms with Gasteiger partial charge in [0, 0.05) is 4.47 Å². The van der Waals surface area contributed by atoms with Gasteiger partial charge >= 0.3 is 0 Å². The summed E-state index contributed by atoms with van der Waals surface area (Å²) in [6, 6.07) is 22.1. The van der Waals surface area contributed by atoms with Gasteiger partial charge in [0.2, 0.25) is 0 Å². The summed E-state index contributed by atoms with van der Waals surface area (Å²) in [6.07, 6.45) is 0. The van der Waals surface area contributed by atoms with E-state index in [0.29, 0.717) is 0 Å². The van der Waals surface area contributed by atoms with Crippen molar-refractivity contribution in [2.24, 2.45) is 10.2 Å². The van der Waals surface area contributed by atoms with Crippen LogP contribution in [0, 0.1) is 0 Å². The minimum absolute atomic E-state index is 0.836. The molecule has 3 heteroatoms. The fraction of sp³-hybridized carbons (Fsp3) is 0. The molecule has 3 rings (SSSR count). The molecule has 0 amide bonds. The second-order valence-corrected chi connectivity index (χ2v) is 5.13. The minimum Gasteiger partial charge on any atom is -0.151 e. The van der Waals surface area contributed by atoms with Crippen LogP contribution in [0.3, 0.4) is 0 Å². The lowest BCUT2D eigenvalue weighted by molar-refractivity contribution is 1.23. The first-order valence-electron chi connectivity index (χ1n) is 5.97. The molecule has 0 spiro atoms. The minimum atomic E-state index is 0.836. The maximum Gasteiger partial charge on any atom is 0.0868 e. The first-order chi connectivity index (χ1) is 9.31. The summed E-state index contributed by atoms with van der Waals surface area (Å²) in [6.45, 7) is 0. The lowest BCUT2D eigenvalue weighted by Crippen LogP contribution is -1.71. The molecule has 0 saturated heterocycles. The fourth-order valence-electron chi connectivity index (χ4n) is 1.89. The van der Waals surface area contributed by atoms with Gasteiger partial charge in [-0.25, -0.2) is 0 Å². The lowest BCUT2D eigenvalue weighted by Gasteiger charge is -1.98. The van der Waals surface area contributed by atoms with Crippen LogP contribution in [-0.2, 0) is 0 Å². The van der Waals surface area contributed by atoms with E-state index in [1.807, 2.05) is 48.5 Å². The molecule has 0 aliphatic carbocycles. The lowest BCUT2D eigenvalue weighted by atomic mass is 10.1. The molecule has 0 saturated carbocycles. The highest BCUT2D eigenvalue weighted by Gasteiger charge is 1.95. The molecule has 92 valence electrons. The van der Waals surface area contributed by atoms with E-state index in [1.165, 1.54) is 10.8 Å². The highest BCUT2D eigenvalue weighted by atomic mass is 79.9. The summed E-state index contributed by atoms with van der Waals surface area (Å²) < 4.78 is 1.00. The second kappa shape index (κ2) is 5.33. The summed E-state index contributed by atoms with van der Waals surface area (Å²) in [4.78, 5) is 0. The molecule has 0 aliphatic heterocycles. The van der Waals surface area contributed by atoms with Gasteiger partial charge in [0.15, 0.2) is 0 Å². The van der Waals surface area contributed by atoms with Crippen molar-refractivity contribution in [3.63, 3.8) is 0 Å². The van der Waals surface area contributed by atoms with Crippen LogP contribution < -0.4 is 0 Å². The first kappa shape index (κ1) is 12.1. The quantitative estimate of drug-likeness (QED) is 0.517. The molecule has 0 fully saturated rings. The van der Waals surface area contributed by atoms with Crippen molar-refractivity contribution in [2.75, 3.05) is 0 Å². The summed E-state index contributed by atoms with van der Waals surface area (Å²) in [5.74, 6) is 0. The molecule has 19 heavy (non-hydrogen) atoms. The molecular weight excluding hydrogens is 300 g/mol. The van der Waals surface area contributed by atoms with Crippen LogP contribution in [0.15, 0.2) is 81.4 Å². The average Bonchev–Trinajstić information content (AvgIpc) is 2.45. The monoisotopic (exact) mass is 310 g/mol.